The normalized spacial score (nSPS) is 13.1. The van der Waals surface area contributed by atoms with Crippen molar-refractivity contribution in [2.45, 2.75) is 38.8 Å². The summed E-state index contributed by atoms with van der Waals surface area (Å²) in [6.07, 6.45) is 4.51. The van der Waals surface area contributed by atoms with E-state index in [1.165, 1.54) is 4.90 Å². The van der Waals surface area contributed by atoms with E-state index in [9.17, 15) is 14.4 Å². The fourth-order valence-corrected chi connectivity index (χ4v) is 3.02. The second-order valence-electron chi connectivity index (χ2n) is 7.09. The van der Waals surface area contributed by atoms with E-state index >= 15 is 0 Å². The fourth-order valence-electron chi connectivity index (χ4n) is 3.02. The molecule has 162 valence electrons. The van der Waals surface area contributed by atoms with Gasteiger partial charge >= 0.3 is 12.0 Å². The first-order chi connectivity index (χ1) is 14.0. The summed E-state index contributed by atoms with van der Waals surface area (Å²) in [4.78, 5) is 40.4. The molecule has 1 fully saturated rings. The first kappa shape index (κ1) is 22.7. The molecular formula is C20H32N4O5. The monoisotopic (exact) mass is 408 g/mol. The predicted octanol–water partition coefficient (Wildman–Crippen LogP) is 1.13. The molecule has 1 aliphatic rings. The second kappa shape index (κ2) is 11.5. The van der Waals surface area contributed by atoms with Gasteiger partial charge in [-0.2, -0.15) is 0 Å². The van der Waals surface area contributed by atoms with E-state index in [0.29, 0.717) is 26.1 Å². The maximum atomic E-state index is 13.0. The first-order valence-corrected chi connectivity index (χ1v) is 10.0. The second-order valence-corrected chi connectivity index (χ2v) is 7.09. The SMILES string of the molecule is CCOC(=O)CNC(=O)N(CCCOC)CC(=O)N(Cc1cccn1C)C1CC1. The molecule has 0 spiro atoms. The number of aromatic nitrogens is 1. The summed E-state index contributed by atoms with van der Waals surface area (Å²) in [7, 11) is 3.54. The van der Waals surface area contributed by atoms with Crippen molar-refractivity contribution in [2.24, 2.45) is 7.05 Å². The Kier molecular flexibility index (Phi) is 8.98. The van der Waals surface area contributed by atoms with Crippen LogP contribution in [0.1, 0.15) is 31.9 Å². The van der Waals surface area contributed by atoms with Gasteiger partial charge in [-0.3, -0.25) is 9.59 Å². The lowest BCUT2D eigenvalue weighted by Gasteiger charge is -2.28. The predicted molar refractivity (Wildman–Crippen MR) is 107 cm³/mol. The minimum Gasteiger partial charge on any atom is -0.465 e. The molecule has 1 aromatic rings. The summed E-state index contributed by atoms with van der Waals surface area (Å²) in [6, 6.07) is 3.70. The van der Waals surface area contributed by atoms with Crippen LogP contribution in [0.3, 0.4) is 0 Å². The maximum absolute atomic E-state index is 13.0. The van der Waals surface area contributed by atoms with Crippen LogP contribution in [0.2, 0.25) is 0 Å². The van der Waals surface area contributed by atoms with Gasteiger partial charge in [0, 0.05) is 45.2 Å². The van der Waals surface area contributed by atoms with E-state index in [1.54, 1.807) is 14.0 Å². The molecule has 0 unspecified atom stereocenters. The van der Waals surface area contributed by atoms with Crippen LogP contribution in [0.15, 0.2) is 18.3 Å². The van der Waals surface area contributed by atoms with Gasteiger partial charge in [0.1, 0.15) is 13.1 Å². The third-order valence-corrected chi connectivity index (χ3v) is 4.77. The molecule has 2 rings (SSSR count). The smallest absolute Gasteiger partial charge is 0.325 e. The minimum absolute atomic E-state index is 0.0424. The van der Waals surface area contributed by atoms with Crippen molar-refractivity contribution in [1.29, 1.82) is 0 Å². The highest BCUT2D eigenvalue weighted by atomic mass is 16.5. The van der Waals surface area contributed by atoms with Crippen molar-refractivity contribution >= 4 is 17.9 Å². The zero-order valence-electron chi connectivity index (χ0n) is 17.6. The Bertz CT molecular complexity index is 686. The molecule has 9 nitrogen and oxygen atoms in total. The van der Waals surface area contributed by atoms with Crippen molar-refractivity contribution in [1.82, 2.24) is 19.7 Å². The number of nitrogens with zero attached hydrogens (tertiary/aromatic N) is 3. The number of rotatable bonds is 12. The number of hydrogen-bond donors (Lipinski definition) is 1. The van der Waals surface area contributed by atoms with Gasteiger partial charge in [0.2, 0.25) is 5.91 Å². The van der Waals surface area contributed by atoms with Crippen LogP contribution in [0.4, 0.5) is 4.79 Å². The van der Waals surface area contributed by atoms with Gasteiger partial charge in [-0.25, -0.2) is 4.79 Å². The first-order valence-electron chi connectivity index (χ1n) is 10.0. The lowest BCUT2D eigenvalue weighted by Crippen LogP contribution is -2.48. The van der Waals surface area contributed by atoms with E-state index in [-0.39, 0.29) is 31.6 Å². The highest BCUT2D eigenvalue weighted by Crippen LogP contribution is 2.28. The Morgan fingerprint density at radius 1 is 1.31 bits per heavy atom. The standard InChI is InChI=1S/C20H32N4O5/c1-4-29-19(26)13-21-20(27)23(11-6-12-28-3)15-18(25)24(16-8-9-16)14-17-7-5-10-22(17)2/h5,7,10,16H,4,6,8-9,11-15H2,1-3H3,(H,21,27). The molecule has 0 aromatic carbocycles. The molecule has 0 radical (unpaired) electrons. The number of amides is 3. The van der Waals surface area contributed by atoms with Gasteiger partial charge in [-0.1, -0.05) is 0 Å². The van der Waals surface area contributed by atoms with Crippen LogP contribution >= 0.6 is 0 Å². The van der Waals surface area contributed by atoms with Crippen LogP contribution in [0.25, 0.3) is 0 Å². The molecule has 0 bridgehead atoms. The fraction of sp³-hybridized carbons (Fsp3) is 0.650. The Labute approximate surface area is 171 Å². The third kappa shape index (κ3) is 7.41. The summed E-state index contributed by atoms with van der Waals surface area (Å²) in [5, 5.41) is 2.53. The number of carbonyl (C=O) groups excluding carboxylic acids is 3. The van der Waals surface area contributed by atoms with Crippen molar-refractivity contribution in [3.05, 3.63) is 24.0 Å². The van der Waals surface area contributed by atoms with E-state index in [4.69, 9.17) is 9.47 Å². The summed E-state index contributed by atoms with van der Waals surface area (Å²) >= 11 is 0. The Morgan fingerprint density at radius 3 is 2.66 bits per heavy atom. The summed E-state index contributed by atoms with van der Waals surface area (Å²) in [5.41, 5.74) is 1.04. The largest absolute Gasteiger partial charge is 0.465 e. The van der Waals surface area contributed by atoms with Crippen molar-refractivity contribution in [3.8, 4) is 0 Å². The minimum atomic E-state index is -0.507. The number of esters is 1. The number of ether oxygens (including phenoxy) is 2. The summed E-state index contributed by atoms with van der Waals surface area (Å²) in [6.45, 7) is 3.04. The zero-order valence-corrected chi connectivity index (χ0v) is 17.6. The summed E-state index contributed by atoms with van der Waals surface area (Å²) in [5.74, 6) is -0.607. The Balaban J connectivity index is 1.98. The van der Waals surface area contributed by atoms with E-state index in [2.05, 4.69) is 5.32 Å². The molecule has 0 aliphatic heterocycles. The molecule has 1 N–H and O–H groups in total. The summed E-state index contributed by atoms with van der Waals surface area (Å²) < 4.78 is 11.9. The quantitative estimate of drug-likeness (QED) is 0.413. The van der Waals surface area contributed by atoms with Gasteiger partial charge in [0.25, 0.3) is 0 Å². The lowest BCUT2D eigenvalue weighted by atomic mass is 10.3. The van der Waals surface area contributed by atoms with Crippen molar-refractivity contribution < 1.29 is 23.9 Å². The molecule has 0 atom stereocenters. The number of carbonyl (C=O) groups is 3. The molecule has 9 heteroatoms. The van der Waals surface area contributed by atoms with Crippen LogP contribution in [-0.2, 0) is 32.7 Å². The van der Waals surface area contributed by atoms with E-state index in [0.717, 1.165) is 18.5 Å². The topological polar surface area (TPSA) is 93.1 Å². The highest BCUT2D eigenvalue weighted by molar-refractivity contribution is 5.86. The van der Waals surface area contributed by atoms with Gasteiger partial charge in [0.05, 0.1) is 13.2 Å². The lowest BCUT2D eigenvalue weighted by molar-refractivity contribution is -0.141. The Hall–Kier alpha value is -2.55. The average molecular weight is 408 g/mol. The number of aryl methyl sites for hydroxylation is 1. The average Bonchev–Trinajstić information content (AvgIpc) is 3.45. The molecule has 0 saturated heterocycles. The zero-order chi connectivity index (χ0) is 21.2. The van der Waals surface area contributed by atoms with Crippen LogP contribution < -0.4 is 5.32 Å². The van der Waals surface area contributed by atoms with Crippen LogP contribution in [-0.4, -0.2) is 78.3 Å². The Morgan fingerprint density at radius 2 is 2.07 bits per heavy atom. The number of hydrogen-bond acceptors (Lipinski definition) is 5. The van der Waals surface area contributed by atoms with Gasteiger partial charge in [-0.15, -0.1) is 0 Å². The molecule has 29 heavy (non-hydrogen) atoms. The van der Waals surface area contributed by atoms with E-state index < -0.39 is 12.0 Å². The molecule has 3 amide bonds. The van der Waals surface area contributed by atoms with Gasteiger partial charge < -0.3 is 29.2 Å². The number of urea groups is 1. The molecule has 1 saturated carbocycles. The van der Waals surface area contributed by atoms with Crippen molar-refractivity contribution in [2.75, 3.05) is 40.0 Å². The molecule has 1 aliphatic carbocycles. The molecule has 1 aromatic heterocycles. The number of methoxy groups -OCH3 is 1. The van der Waals surface area contributed by atoms with Crippen LogP contribution in [0, 0.1) is 0 Å². The van der Waals surface area contributed by atoms with Crippen molar-refractivity contribution in [3.63, 3.8) is 0 Å². The van der Waals surface area contributed by atoms with Crippen LogP contribution in [0.5, 0.6) is 0 Å². The highest BCUT2D eigenvalue weighted by Gasteiger charge is 2.34. The van der Waals surface area contributed by atoms with E-state index in [1.807, 2.05) is 34.8 Å². The molecule has 1 heterocycles. The van der Waals surface area contributed by atoms with Gasteiger partial charge in [-0.05, 0) is 38.3 Å². The third-order valence-electron chi connectivity index (χ3n) is 4.77. The number of nitrogens with one attached hydrogen (secondary N) is 1. The van der Waals surface area contributed by atoms with Gasteiger partial charge in [0.15, 0.2) is 0 Å². The maximum Gasteiger partial charge on any atom is 0.325 e. The molecular weight excluding hydrogens is 376 g/mol.